The minimum absolute atomic E-state index is 0.382. The van der Waals surface area contributed by atoms with E-state index in [4.69, 9.17) is 14.6 Å². The molecule has 4 N–H and O–H groups in total. The zero-order valence-electron chi connectivity index (χ0n) is 12.0. The average Bonchev–Trinajstić information content (AvgIpc) is 2.81. The molecule has 1 aromatic heterocycles. The first-order valence-electron chi connectivity index (χ1n) is 6.56. The van der Waals surface area contributed by atoms with Crippen LogP contribution in [0.1, 0.15) is 6.23 Å². The molecule has 23 heavy (non-hydrogen) atoms. The number of carbonyl (C=O) groups is 1. The molecule has 1 fully saturated rings. The number of H-pyrrole nitrogens is 1. The third-order valence-electron chi connectivity index (χ3n) is 3.30. The summed E-state index contributed by atoms with van der Waals surface area (Å²) in [5.74, 6) is -1.12. The fourth-order valence-corrected chi connectivity index (χ4v) is 2.06. The SMILES string of the molecule is COC(=O)COc1cn([C@@H]2O[C@H](CO)[C@@H](O)[C@H]2O)c(=O)[nH]c1=O. The Balaban J connectivity index is 2.31. The number of hydrogen-bond acceptors (Lipinski definition) is 9. The largest absolute Gasteiger partial charge is 0.475 e. The third-order valence-corrected chi connectivity index (χ3v) is 3.30. The lowest BCUT2D eigenvalue weighted by atomic mass is 10.1. The van der Waals surface area contributed by atoms with Gasteiger partial charge in [0.2, 0.25) is 5.75 Å². The van der Waals surface area contributed by atoms with Crippen molar-refractivity contribution >= 4 is 5.97 Å². The molecule has 0 saturated carbocycles. The molecule has 0 bridgehead atoms. The van der Waals surface area contributed by atoms with Crippen molar-refractivity contribution in [1.29, 1.82) is 0 Å². The van der Waals surface area contributed by atoms with Crippen LogP contribution < -0.4 is 16.0 Å². The monoisotopic (exact) mass is 332 g/mol. The molecule has 1 aliphatic rings. The van der Waals surface area contributed by atoms with E-state index in [9.17, 15) is 24.6 Å². The van der Waals surface area contributed by atoms with Gasteiger partial charge in [-0.25, -0.2) is 9.59 Å². The molecule has 0 aliphatic carbocycles. The Morgan fingerprint density at radius 1 is 1.39 bits per heavy atom. The highest BCUT2D eigenvalue weighted by Gasteiger charge is 2.43. The fourth-order valence-electron chi connectivity index (χ4n) is 2.06. The summed E-state index contributed by atoms with van der Waals surface area (Å²) in [7, 11) is 1.13. The van der Waals surface area contributed by atoms with E-state index in [2.05, 4.69) is 4.74 Å². The molecule has 0 amide bonds. The normalized spacial score (nSPS) is 27.0. The molecule has 2 rings (SSSR count). The van der Waals surface area contributed by atoms with Crippen molar-refractivity contribution in [2.45, 2.75) is 24.5 Å². The molecule has 128 valence electrons. The van der Waals surface area contributed by atoms with Gasteiger partial charge in [0.1, 0.15) is 18.3 Å². The maximum absolute atomic E-state index is 11.8. The Morgan fingerprint density at radius 2 is 2.09 bits per heavy atom. The van der Waals surface area contributed by atoms with Gasteiger partial charge in [-0.2, -0.15) is 0 Å². The Labute approximate surface area is 128 Å². The lowest BCUT2D eigenvalue weighted by molar-refractivity contribution is -0.142. The van der Waals surface area contributed by atoms with Gasteiger partial charge in [-0.3, -0.25) is 14.3 Å². The number of nitrogens with one attached hydrogen (secondary N) is 1. The first-order chi connectivity index (χ1) is 10.9. The lowest BCUT2D eigenvalue weighted by Crippen LogP contribution is -2.38. The van der Waals surface area contributed by atoms with Gasteiger partial charge in [-0.1, -0.05) is 0 Å². The summed E-state index contributed by atoms with van der Waals surface area (Å²) in [6, 6.07) is 0. The number of aliphatic hydroxyl groups excluding tert-OH is 3. The van der Waals surface area contributed by atoms with Crippen LogP contribution >= 0.6 is 0 Å². The van der Waals surface area contributed by atoms with Crippen molar-refractivity contribution in [3.8, 4) is 5.75 Å². The van der Waals surface area contributed by atoms with E-state index in [1.165, 1.54) is 0 Å². The van der Waals surface area contributed by atoms with Crippen molar-refractivity contribution in [2.75, 3.05) is 20.3 Å². The first-order valence-corrected chi connectivity index (χ1v) is 6.56. The molecule has 0 unspecified atom stereocenters. The highest BCUT2D eigenvalue weighted by molar-refractivity contribution is 5.70. The van der Waals surface area contributed by atoms with E-state index >= 15 is 0 Å². The number of aromatic nitrogens is 2. The fraction of sp³-hybridized carbons (Fsp3) is 0.583. The van der Waals surface area contributed by atoms with Gasteiger partial charge in [0.05, 0.1) is 19.9 Å². The molecule has 11 nitrogen and oxygen atoms in total. The molecular formula is C12H16N2O9. The molecule has 1 saturated heterocycles. The van der Waals surface area contributed by atoms with E-state index < -0.39 is 55.0 Å². The van der Waals surface area contributed by atoms with Gasteiger partial charge >= 0.3 is 11.7 Å². The average molecular weight is 332 g/mol. The number of methoxy groups -OCH3 is 1. The summed E-state index contributed by atoms with van der Waals surface area (Å²) in [5.41, 5.74) is -1.81. The predicted molar refractivity (Wildman–Crippen MR) is 71.8 cm³/mol. The van der Waals surface area contributed by atoms with Crippen LogP contribution in [0.15, 0.2) is 15.8 Å². The highest BCUT2D eigenvalue weighted by atomic mass is 16.6. The third kappa shape index (κ3) is 3.42. The molecule has 0 aromatic carbocycles. The first kappa shape index (κ1) is 17.1. The lowest BCUT2D eigenvalue weighted by Gasteiger charge is -2.17. The number of rotatable bonds is 5. The van der Waals surface area contributed by atoms with E-state index in [1.54, 1.807) is 0 Å². The van der Waals surface area contributed by atoms with Crippen molar-refractivity contribution in [2.24, 2.45) is 0 Å². The topological polar surface area (TPSA) is 160 Å². The molecule has 1 aliphatic heterocycles. The van der Waals surface area contributed by atoms with Gasteiger partial charge < -0.3 is 29.5 Å². The Kier molecular flexibility index (Phi) is 5.15. The Morgan fingerprint density at radius 3 is 2.65 bits per heavy atom. The van der Waals surface area contributed by atoms with Gasteiger partial charge in [-0.05, 0) is 0 Å². The van der Waals surface area contributed by atoms with Crippen molar-refractivity contribution in [3.05, 3.63) is 27.0 Å². The summed E-state index contributed by atoms with van der Waals surface area (Å²) in [6.45, 7) is -1.13. The van der Waals surface area contributed by atoms with Crippen LogP contribution in [0.2, 0.25) is 0 Å². The standard InChI is InChI=1S/C12H16N2O9/c1-21-7(16)4-22-5-2-14(12(20)13-10(5)19)11-9(18)8(17)6(3-15)23-11/h2,6,8-9,11,15,17-18H,3-4H2,1H3,(H,13,19,20)/t6-,8-,9-,11-/m1/s1. The smallest absolute Gasteiger partial charge is 0.343 e. The zero-order chi connectivity index (χ0) is 17.1. The summed E-state index contributed by atoms with van der Waals surface area (Å²) in [4.78, 5) is 36.4. The van der Waals surface area contributed by atoms with Gasteiger partial charge in [-0.15, -0.1) is 0 Å². The number of aromatic amines is 1. The van der Waals surface area contributed by atoms with Gasteiger partial charge in [0.25, 0.3) is 5.56 Å². The Bertz CT molecular complexity index is 682. The van der Waals surface area contributed by atoms with Gasteiger partial charge in [0.15, 0.2) is 12.8 Å². The van der Waals surface area contributed by atoms with Crippen LogP contribution in [0, 0.1) is 0 Å². The van der Waals surface area contributed by atoms with Crippen LogP contribution in [-0.4, -0.2) is 69.5 Å². The van der Waals surface area contributed by atoms with E-state index in [-0.39, 0.29) is 5.75 Å². The zero-order valence-corrected chi connectivity index (χ0v) is 12.0. The minimum atomic E-state index is -1.51. The van der Waals surface area contributed by atoms with E-state index in [0.29, 0.717) is 0 Å². The van der Waals surface area contributed by atoms with Crippen LogP contribution in [0.3, 0.4) is 0 Å². The van der Waals surface area contributed by atoms with E-state index in [0.717, 1.165) is 17.9 Å². The summed E-state index contributed by atoms with van der Waals surface area (Å²) in [5, 5.41) is 28.6. The highest BCUT2D eigenvalue weighted by Crippen LogP contribution is 2.28. The molecule has 0 radical (unpaired) electrons. The molecule has 0 spiro atoms. The van der Waals surface area contributed by atoms with Crippen LogP contribution in [0.5, 0.6) is 5.75 Å². The maximum atomic E-state index is 11.8. The summed E-state index contributed by atoms with van der Waals surface area (Å²) >= 11 is 0. The second kappa shape index (κ2) is 6.91. The van der Waals surface area contributed by atoms with Crippen molar-refractivity contribution in [1.82, 2.24) is 9.55 Å². The molecular weight excluding hydrogens is 316 g/mol. The van der Waals surface area contributed by atoms with E-state index in [1.807, 2.05) is 4.98 Å². The number of ether oxygens (including phenoxy) is 3. The maximum Gasteiger partial charge on any atom is 0.343 e. The van der Waals surface area contributed by atoms with Crippen LogP contribution in [0.25, 0.3) is 0 Å². The van der Waals surface area contributed by atoms with Crippen molar-refractivity contribution in [3.63, 3.8) is 0 Å². The number of hydrogen-bond donors (Lipinski definition) is 4. The van der Waals surface area contributed by atoms with Gasteiger partial charge in [0, 0.05) is 0 Å². The number of aliphatic hydroxyl groups is 3. The quantitative estimate of drug-likeness (QED) is 0.405. The predicted octanol–water partition coefficient (Wildman–Crippen LogP) is -3.30. The number of esters is 1. The molecule has 1 aromatic rings. The second-order valence-electron chi connectivity index (χ2n) is 4.75. The number of nitrogens with zero attached hydrogens (tertiary/aromatic N) is 1. The minimum Gasteiger partial charge on any atom is -0.475 e. The van der Waals surface area contributed by atoms with Crippen molar-refractivity contribution < 1.29 is 34.3 Å². The van der Waals surface area contributed by atoms with Crippen LogP contribution in [0.4, 0.5) is 0 Å². The summed E-state index contributed by atoms with van der Waals surface area (Å²) in [6.07, 6.45) is -4.42. The second-order valence-corrected chi connectivity index (χ2v) is 4.75. The summed E-state index contributed by atoms with van der Waals surface area (Å²) < 4.78 is 15.3. The Hall–Kier alpha value is -2.21. The number of carbonyl (C=O) groups excluding carboxylic acids is 1. The molecule has 11 heteroatoms. The molecule has 2 heterocycles. The van der Waals surface area contributed by atoms with Crippen LogP contribution in [-0.2, 0) is 14.3 Å². The molecule has 4 atom stereocenters.